The minimum atomic E-state index is -0.635. The lowest BCUT2D eigenvalue weighted by molar-refractivity contribution is -0.386. The molecule has 2 rings (SSSR count). The van der Waals surface area contributed by atoms with Crippen LogP contribution in [0, 0.1) is 10.1 Å². The molecule has 0 aliphatic carbocycles. The second kappa shape index (κ2) is 5.81. The molecule has 19 heavy (non-hydrogen) atoms. The van der Waals surface area contributed by atoms with Crippen LogP contribution in [0.3, 0.4) is 0 Å². The summed E-state index contributed by atoms with van der Waals surface area (Å²) < 4.78 is 5.28. The second-order valence-corrected chi connectivity index (χ2v) is 4.28. The average molecular weight is 300 g/mol. The standard InChI is InChI=1S/C11H7Cl2N3O3/c12-8-3-1-2-7(4-8)6-19-10-9(16(17)18)5-14-11(13)15-10/h1-5H,6H2. The van der Waals surface area contributed by atoms with E-state index in [1.165, 1.54) is 0 Å². The topological polar surface area (TPSA) is 78.2 Å². The zero-order chi connectivity index (χ0) is 13.8. The van der Waals surface area contributed by atoms with Crippen LogP contribution in [0.25, 0.3) is 0 Å². The maximum Gasteiger partial charge on any atom is 0.349 e. The minimum Gasteiger partial charge on any atom is -0.468 e. The monoisotopic (exact) mass is 299 g/mol. The molecule has 1 aromatic heterocycles. The molecule has 0 saturated carbocycles. The van der Waals surface area contributed by atoms with Crippen LogP contribution < -0.4 is 4.74 Å². The molecule has 8 heteroatoms. The summed E-state index contributed by atoms with van der Waals surface area (Å²) in [7, 11) is 0. The summed E-state index contributed by atoms with van der Waals surface area (Å²) in [4.78, 5) is 17.4. The Labute approximate surface area is 118 Å². The van der Waals surface area contributed by atoms with E-state index in [1.807, 2.05) is 0 Å². The van der Waals surface area contributed by atoms with Crippen molar-refractivity contribution in [2.24, 2.45) is 0 Å². The first-order chi connectivity index (χ1) is 9.06. The van der Waals surface area contributed by atoms with Gasteiger partial charge in [-0.05, 0) is 29.3 Å². The van der Waals surface area contributed by atoms with E-state index < -0.39 is 4.92 Å². The highest BCUT2D eigenvalue weighted by molar-refractivity contribution is 6.30. The summed E-state index contributed by atoms with van der Waals surface area (Å²) in [5.41, 5.74) is 0.419. The molecule has 0 bridgehead atoms. The van der Waals surface area contributed by atoms with Crippen LogP contribution in [0.1, 0.15) is 5.56 Å². The van der Waals surface area contributed by atoms with Gasteiger partial charge in [0.1, 0.15) is 12.8 Å². The third kappa shape index (κ3) is 3.52. The second-order valence-electron chi connectivity index (χ2n) is 3.51. The summed E-state index contributed by atoms with van der Waals surface area (Å²) in [5.74, 6) is -0.176. The fourth-order valence-corrected chi connectivity index (χ4v) is 1.69. The first-order valence-electron chi connectivity index (χ1n) is 5.10. The van der Waals surface area contributed by atoms with Crippen LogP contribution in [0.2, 0.25) is 10.3 Å². The van der Waals surface area contributed by atoms with Crippen molar-refractivity contribution in [3.63, 3.8) is 0 Å². The molecule has 0 saturated heterocycles. The predicted molar refractivity (Wildman–Crippen MR) is 69.5 cm³/mol. The molecule has 0 amide bonds. The van der Waals surface area contributed by atoms with Crippen molar-refractivity contribution in [1.29, 1.82) is 0 Å². The van der Waals surface area contributed by atoms with Gasteiger partial charge in [0.2, 0.25) is 5.28 Å². The van der Waals surface area contributed by atoms with Crippen molar-refractivity contribution in [1.82, 2.24) is 9.97 Å². The summed E-state index contributed by atoms with van der Waals surface area (Å²) >= 11 is 11.4. The van der Waals surface area contributed by atoms with Gasteiger partial charge in [-0.15, -0.1) is 0 Å². The van der Waals surface area contributed by atoms with Gasteiger partial charge in [0, 0.05) is 5.02 Å². The Hall–Kier alpha value is -1.92. The molecule has 0 atom stereocenters. The number of hydrogen-bond donors (Lipinski definition) is 0. The number of aromatic nitrogens is 2. The Morgan fingerprint density at radius 3 is 2.84 bits per heavy atom. The number of rotatable bonds is 4. The molecule has 0 N–H and O–H groups in total. The number of halogens is 2. The van der Waals surface area contributed by atoms with Crippen LogP contribution >= 0.6 is 23.2 Å². The molecule has 0 fully saturated rings. The maximum absolute atomic E-state index is 10.8. The Morgan fingerprint density at radius 1 is 1.37 bits per heavy atom. The van der Waals surface area contributed by atoms with Gasteiger partial charge in [-0.25, -0.2) is 4.98 Å². The fourth-order valence-electron chi connectivity index (χ4n) is 1.35. The van der Waals surface area contributed by atoms with Crippen LogP contribution in [0.5, 0.6) is 5.88 Å². The third-order valence-corrected chi connectivity index (χ3v) is 2.58. The van der Waals surface area contributed by atoms with Gasteiger partial charge in [-0.1, -0.05) is 23.7 Å². The molecule has 1 heterocycles. The highest BCUT2D eigenvalue weighted by atomic mass is 35.5. The number of hydrogen-bond acceptors (Lipinski definition) is 5. The van der Waals surface area contributed by atoms with E-state index in [4.69, 9.17) is 27.9 Å². The van der Waals surface area contributed by atoms with Gasteiger partial charge in [0.05, 0.1) is 4.92 Å². The van der Waals surface area contributed by atoms with Crippen molar-refractivity contribution in [3.05, 3.63) is 56.4 Å². The molecule has 2 aromatic rings. The number of nitro groups is 1. The van der Waals surface area contributed by atoms with Crippen molar-refractivity contribution < 1.29 is 9.66 Å². The van der Waals surface area contributed by atoms with E-state index in [9.17, 15) is 10.1 Å². The summed E-state index contributed by atoms with van der Waals surface area (Å²) in [6.07, 6.45) is 1.00. The molecular formula is C11H7Cl2N3O3. The summed E-state index contributed by atoms with van der Waals surface area (Å²) in [5, 5.41) is 11.2. The van der Waals surface area contributed by atoms with Crippen molar-refractivity contribution in [3.8, 4) is 5.88 Å². The molecule has 98 valence electrons. The molecule has 1 aromatic carbocycles. The Kier molecular flexibility index (Phi) is 4.13. The summed E-state index contributed by atoms with van der Waals surface area (Å²) in [6, 6.07) is 6.94. The smallest absolute Gasteiger partial charge is 0.349 e. The van der Waals surface area contributed by atoms with Crippen LogP contribution in [-0.4, -0.2) is 14.9 Å². The first-order valence-corrected chi connectivity index (χ1v) is 5.86. The quantitative estimate of drug-likeness (QED) is 0.492. The van der Waals surface area contributed by atoms with Gasteiger partial charge in [0.25, 0.3) is 5.88 Å². The molecule has 0 aliphatic heterocycles. The lowest BCUT2D eigenvalue weighted by atomic mass is 10.2. The molecule has 0 aliphatic rings. The Balaban J connectivity index is 2.19. The number of benzene rings is 1. The summed E-state index contributed by atoms with van der Waals surface area (Å²) in [6.45, 7) is 0.0920. The number of ether oxygens (including phenoxy) is 1. The Morgan fingerprint density at radius 2 is 2.16 bits per heavy atom. The van der Waals surface area contributed by atoms with E-state index in [-0.39, 0.29) is 23.5 Å². The van der Waals surface area contributed by atoms with E-state index in [2.05, 4.69) is 9.97 Å². The van der Waals surface area contributed by atoms with Gasteiger partial charge >= 0.3 is 5.69 Å². The van der Waals surface area contributed by atoms with E-state index >= 15 is 0 Å². The third-order valence-electron chi connectivity index (χ3n) is 2.17. The molecule has 0 spiro atoms. The highest BCUT2D eigenvalue weighted by Crippen LogP contribution is 2.25. The van der Waals surface area contributed by atoms with E-state index in [0.29, 0.717) is 5.02 Å². The molecule has 0 radical (unpaired) electrons. The van der Waals surface area contributed by atoms with Crippen LogP contribution in [0.15, 0.2) is 30.5 Å². The minimum absolute atomic E-state index is 0.0920. The zero-order valence-electron chi connectivity index (χ0n) is 9.42. The van der Waals surface area contributed by atoms with Crippen LogP contribution in [-0.2, 0) is 6.61 Å². The van der Waals surface area contributed by atoms with Gasteiger partial charge in [0.15, 0.2) is 0 Å². The van der Waals surface area contributed by atoms with Crippen molar-refractivity contribution in [2.75, 3.05) is 0 Å². The van der Waals surface area contributed by atoms with E-state index in [0.717, 1.165) is 11.8 Å². The highest BCUT2D eigenvalue weighted by Gasteiger charge is 2.18. The SMILES string of the molecule is O=[N+]([O-])c1cnc(Cl)nc1OCc1cccc(Cl)c1. The maximum atomic E-state index is 10.8. The normalized spacial score (nSPS) is 10.2. The first kappa shape index (κ1) is 13.5. The zero-order valence-corrected chi connectivity index (χ0v) is 10.9. The van der Waals surface area contributed by atoms with Gasteiger partial charge < -0.3 is 4.74 Å². The van der Waals surface area contributed by atoms with Gasteiger partial charge in [-0.3, -0.25) is 10.1 Å². The van der Waals surface area contributed by atoms with Crippen molar-refractivity contribution in [2.45, 2.75) is 6.61 Å². The average Bonchev–Trinajstić information content (AvgIpc) is 2.36. The Bertz CT molecular complexity index is 622. The van der Waals surface area contributed by atoms with Crippen LogP contribution in [0.4, 0.5) is 5.69 Å². The fraction of sp³-hybridized carbons (Fsp3) is 0.0909. The van der Waals surface area contributed by atoms with Gasteiger partial charge in [-0.2, -0.15) is 4.98 Å². The predicted octanol–water partition coefficient (Wildman–Crippen LogP) is 3.27. The molecule has 6 nitrogen and oxygen atoms in total. The lowest BCUT2D eigenvalue weighted by Crippen LogP contribution is -2.02. The number of nitrogens with zero attached hydrogens (tertiary/aromatic N) is 3. The molecular weight excluding hydrogens is 293 g/mol. The lowest BCUT2D eigenvalue weighted by Gasteiger charge is -2.06. The van der Waals surface area contributed by atoms with Crippen molar-refractivity contribution >= 4 is 28.9 Å². The molecule has 0 unspecified atom stereocenters. The largest absolute Gasteiger partial charge is 0.468 e. The van der Waals surface area contributed by atoms with E-state index in [1.54, 1.807) is 24.3 Å².